The number of hydrogen-bond acceptors (Lipinski definition) is 2. The molecule has 60 valence electrons. The molecule has 0 amide bonds. The second-order valence-electron chi connectivity index (χ2n) is 0.894. The molecular formula is C7H20O2. The van der Waals surface area contributed by atoms with Gasteiger partial charge in [0.1, 0.15) is 0 Å². The van der Waals surface area contributed by atoms with E-state index in [9.17, 15) is 0 Å². The van der Waals surface area contributed by atoms with Gasteiger partial charge in [0.2, 0.25) is 0 Å². The Morgan fingerprint density at radius 3 is 1.33 bits per heavy atom. The maximum atomic E-state index is 7.57. The van der Waals surface area contributed by atoms with E-state index in [1.165, 1.54) is 0 Å². The van der Waals surface area contributed by atoms with E-state index in [-0.39, 0.29) is 6.61 Å². The summed E-state index contributed by atoms with van der Waals surface area (Å²) in [6.45, 7) is 8.71. The van der Waals surface area contributed by atoms with E-state index in [4.69, 9.17) is 5.11 Å². The van der Waals surface area contributed by atoms with E-state index in [1.54, 1.807) is 14.0 Å². The first-order valence-electron chi connectivity index (χ1n) is 3.43. The fourth-order valence-corrected chi connectivity index (χ4v) is 0. The maximum absolute atomic E-state index is 7.57. The summed E-state index contributed by atoms with van der Waals surface area (Å²) in [4.78, 5) is 0. The molecule has 0 saturated heterocycles. The molecule has 0 fully saturated rings. The van der Waals surface area contributed by atoms with Crippen LogP contribution in [-0.2, 0) is 4.74 Å². The molecule has 0 aromatic rings. The molecule has 0 aromatic heterocycles. The van der Waals surface area contributed by atoms with Gasteiger partial charge in [-0.3, -0.25) is 0 Å². The first kappa shape index (κ1) is 16.0. The second kappa shape index (κ2) is 44.5. The van der Waals surface area contributed by atoms with E-state index in [0.717, 1.165) is 6.61 Å². The third-order valence-corrected chi connectivity index (χ3v) is 0.289. The summed E-state index contributed by atoms with van der Waals surface area (Å²) in [7, 11) is 1.68. The van der Waals surface area contributed by atoms with E-state index < -0.39 is 0 Å². The van der Waals surface area contributed by atoms with Crippen LogP contribution in [0.15, 0.2) is 0 Å². The zero-order valence-corrected chi connectivity index (χ0v) is 7.27. The molecule has 0 saturated carbocycles. The lowest BCUT2D eigenvalue weighted by atomic mass is 10.9. The smallest absolute Gasteiger partial charge is 0.0433 e. The van der Waals surface area contributed by atoms with E-state index in [1.807, 2.05) is 20.8 Å². The highest BCUT2D eigenvalue weighted by molar-refractivity contribution is 3.94. The minimum atomic E-state index is 0.250. The highest BCUT2D eigenvalue weighted by Crippen LogP contribution is 1.52. The Morgan fingerprint density at radius 1 is 1.22 bits per heavy atom. The first-order chi connectivity index (χ1) is 4.33. The summed E-state index contributed by atoms with van der Waals surface area (Å²) in [5.41, 5.74) is 0. The van der Waals surface area contributed by atoms with E-state index >= 15 is 0 Å². The van der Waals surface area contributed by atoms with Crippen molar-refractivity contribution in [2.45, 2.75) is 27.7 Å². The third kappa shape index (κ3) is 328. The predicted octanol–water partition coefficient (Wildman–Crippen LogP) is 1.68. The highest BCUT2D eigenvalue weighted by Gasteiger charge is 1.51. The summed E-state index contributed by atoms with van der Waals surface area (Å²) in [6, 6.07) is 0. The van der Waals surface area contributed by atoms with Gasteiger partial charge in [0, 0.05) is 20.3 Å². The van der Waals surface area contributed by atoms with E-state index in [0.29, 0.717) is 0 Å². The second-order valence-corrected chi connectivity index (χ2v) is 0.894. The Labute approximate surface area is 58.8 Å². The van der Waals surface area contributed by atoms with Crippen molar-refractivity contribution in [3.8, 4) is 0 Å². The van der Waals surface area contributed by atoms with Crippen LogP contribution >= 0.6 is 0 Å². The monoisotopic (exact) mass is 136 g/mol. The maximum Gasteiger partial charge on any atom is 0.0433 e. The van der Waals surface area contributed by atoms with Crippen molar-refractivity contribution in [3.63, 3.8) is 0 Å². The normalized spacial score (nSPS) is 6.00. The van der Waals surface area contributed by atoms with Crippen LogP contribution in [0.5, 0.6) is 0 Å². The van der Waals surface area contributed by atoms with Crippen molar-refractivity contribution in [3.05, 3.63) is 0 Å². The van der Waals surface area contributed by atoms with Gasteiger partial charge in [-0.1, -0.05) is 13.8 Å². The third-order valence-electron chi connectivity index (χ3n) is 0.289. The van der Waals surface area contributed by atoms with Crippen LogP contribution < -0.4 is 0 Å². The zero-order chi connectivity index (χ0) is 8.12. The molecule has 0 aliphatic heterocycles. The minimum absolute atomic E-state index is 0.250. The number of aliphatic hydroxyl groups excluding tert-OH is 1. The number of ether oxygens (including phenoxy) is 1. The van der Waals surface area contributed by atoms with Crippen molar-refractivity contribution in [2.75, 3.05) is 20.3 Å². The molecule has 0 aliphatic rings. The predicted molar refractivity (Wildman–Crippen MR) is 41.7 cm³/mol. The number of rotatable bonds is 1. The summed E-state index contributed by atoms with van der Waals surface area (Å²) in [5, 5.41) is 7.57. The quantitative estimate of drug-likeness (QED) is 0.594. The Kier molecular flexibility index (Phi) is 78.9. The summed E-state index contributed by atoms with van der Waals surface area (Å²) >= 11 is 0. The van der Waals surface area contributed by atoms with Crippen molar-refractivity contribution in [2.24, 2.45) is 0 Å². The number of methoxy groups -OCH3 is 1. The molecule has 0 aliphatic carbocycles. The number of aliphatic hydroxyl groups is 1. The van der Waals surface area contributed by atoms with Gasteiger partial charge in [-0.15, -0.1) is 0 Å². The van der Waals surface area contributed by atoms with E-state index in [2.05, 4.69) is 4.74 Å². The van der Waals surface area contributed by atoms with Crippen molar-refractivity contribution >= 4 is 0 Å². The van der Waals surface area contributed by atoms with Crippen molar-refractivity contribution in [1.29, 1.82) is 0 Å². The van der Waals surface area contributed by atoms with Gasteiger partial charge < -0.3 is 9.84 Å². The molecule has 2 heteroatoms. The van der Waals surface area contributed by atoms with Crippen LogP contribution in [0, 0.1) is 0 Å². The number of hydrogen-bond donors (Lipinski definition) is 1. The van der Waals surface area contributed by atoms with Crippen LogP contribution in [0.4, 0.5) is 0 Å². The lowest BCUT2D eigenvalue weighted by molar-refractivity contribution is 0.215. The zero-order valence-electron chi connectivity index (χ0n) is 7.27. The van der Waals surface area contributed by atoms with Crippen LogP contribution in [0.3, 0.4) is 0 Å². The van der Waals surface area contributed by atoms with Crippen molar-refractivity contribution in [1.82, 2.24) is 0 Å². The Balaban J connectivity index is -0.0000000646. The average Bonchev–Trinajstić information content (AvgIpc) is 1.94. The lowest BCUT2D eigenvalue weighted by Gasteiger charge is -1.76. The Hall–Kier alpha value is -0.0800. The molecule has 0 spiro atoms. The molecule has 9 heavy (non-hydrogen) atoms. The molecule has 0 unspecified atom stereocenters. The largest absolute Gasteiger partial charge is 0.397 e. The average molecular weight is 136 g/mol. The van der Waals surface area contributed by atoms with Gasteiger partial charge in [-0.2, -0.15) is 0 Å². The van der Waals surface area contributed by atoms with Gasteiger partial charge in [0.25, 0.3) is 0 Å². The topological polar surface area (TPSA) is 29.5 Å². The molecule has 1 N–H and O–H groups in total. The molecule has 0 atom stereocenters. The van der Waals surface area contributed by atoms with Crippen molar-refractivity contribution < 1.29 is 9.84 Å². The van der Waals surface area contributed by atoms with Gasteiger partial charge in [-0.05, 0) is 13.8 Å². The SMILES string of the molecule is CC.CCO.CCOC. The molecule has 0 bridgehead atoms. The van der Waals surface area contributed by atoms with Gasteiger partial charge in [-0.25, -0.2) is 0 Å². The molecule has 0 rings (SSSR count). The summed E-state index contributed by atoms with van der Waals surface area (Å²) < 4.78 is 4.54. The molecule has 2 nitrogen and oxygen atoms in total. The molecule has 0 heterocycles. The molecular weight excluding hydrogens is 116 g/mol. The molecule has 0 aromatic carbocycles. The van der Waals surface area contributed by atoms with Crippen LogP contribution in [0.1, 0.15) is 27.7 Å². The van der Waals surface area contributed by atoms with Gasteiger partial charge >= 0.3 is 0 Å². The van der Waals surface area contributed by atoms with Crippen LogP contribution in [-0.4, -0.2) is 25.4 Å². The lowest BCUT2D eigenvalue weighted by Crippen LogP contribution is -1.73. The summed E-state index contributed by atoms with van der Waals surface area (Å²) in [6.07, 6.45) is 0. The standard InChI is InChI=1S/C3H8O.C2H6O.C2H6/c1-3-4-2;1-2-3;1-2/h3H2,1-2H3;3H,2H2,1H3;1-2H3. The van der Waals surface area contributed by atoms with Gasteiger partial charge in [0.15, 0.2) is 0 Å². The highest BCUT2D eigenvalue weighted by atomic mass is 16.5. The minimum Gasteiger partial charge on any atom is -0.397 e. The van der Waals surface area contributed by atoms with Crippen LogP contribution in [0.25, 0.3) is 0 Å². The van der Waals surface area contributed by atoms with Crippen LogP contribution in [0.2, 0.25) is 0 Å². The van der Waals surface area contributed by atoms with Gasteiger partial charge in [0.05, 0.1) is 0 Å². The fourth-order valence-electron chi connectivity index (χ4n) is 0. The Morgan fingerprint density at radius 2 is 1.33 bits per heavy atom. The molecule has 0 radical (unpaired) electrons. The summed E-state index contributed by atoms with van der Waals surface area (Å²) in [5.74, 6) is 0. The Bertz CT molecular complexity index is 14.4. The fraction of sp³-hybridized carbons (Fsp3) is 1.00. The first-order valence-corrected chi connectivity index (χ1v) is 3.43.